The van der Waals surface area contributed by atoms with Crippen LogP contribution in [0.25, 0.3) is 0 Å². The van der Waals surface area contributed by atoms with Gasteiger partial charge >= 0.3 is 33.6 Å². The summed E-state index contributed by atoms with van der Waals surface area (Å²) in [6.45, 7) is 2.25. The largest absolute Gasteiger partial charge is 0.472 e. The molecule has 0 saturated carbocycles. The molecular weight excluding hydrogens is 1360 g/mol. The maximum Gasteiger partial charge on any atom is 0.472 e. The second kappa shape index (κ2) is 78.2. The van der Waals surface area contributed by atoms with Crippen molar-refractivity contribution in [2.24, 2.45) is 0 Å². The van der Waals surface area contributed by atoms with Crippen LogP contribution >= 0.6 is 15.6 Å². The minimum Gasteiger partial charge on any atom is -0.463 e. The Morgan fingerprint density at radius 3 is 0.762 bits per heavy atom. The minimum absolute atomic E-state index is 0.0627. The lowest BCUT2D eigenvalue weighted by molar-refractivity contribution is -0.161. The molecule has 0 aromatic heterocycles. The third-order valence-electron chi connectivity index (χ3n) is 16.1. The van der Waals surface area contributed by atoms with E-state index in [9.17, 15) is 43.5 Å². The Hall–Kier alpha value is -5.35. The molecule has 0 aliphatic carbocycles. The Labute approximate surface area is 636 Å². The van der Waals surface area contributed by atoms with Gasteiger partial charge in [0, 0.05) is 19.3 Å². The van der Waals surface area contributed by atoms with Crippen LogP contribution in [0, 0.1) is 0 Å². The molecule has 16 nitrogen and oxygen atoms in total. The van der Waals surface area contributed by atoms with Gasteiger partial charge in [0.1, 0.15) is 25.4 Å². The van der Waals surface area contributed by atoms with Crippen molar-refractivity contribution in [2.75, 3.05) is 39.6 Å². The van der Waals surface area contributed by atoms with Gasteiger partial charge in [0.25, 0.3) is 0 Å². The van der Waals surface area contributed by atoms with Gasteiger partial charge in [-0.25, -0.2) is 9.13 Å². The lowest BCUT2D eigenvalue weighted by Gasteiger charge is -2.21. The summed E-state index contributed by atoms with van der Waals surface area (Å²) in [5.41, 5.74) is 0. The fourth-order valence-corrected chi connectivity index (χ4v) is 11.7. The molecule has 0 rings (SSSR count). The van der Waals surface area contributed by atoms with E-state index in [4.69, 9.17) is 32.3 Å². The van der Waals surface area contributed by atoms with Gasteiger partial charge in [-0.1, -0.05) is 299 Å². The first kappa shape index (κ1) is 99.7. The van der Waals surface area contributed by atoms with Crippen molar-refractivity contribution in [3.63, 3.8) is 0 Å². The maximum atomic E-state index is 13.0. The smallest absolute Gasteiger partial charge is 0.463 e. The van der Waals surface area contributed by atoms with E-state index in [1.54, 1.807) is 0 Å². The molecule has 0 aromatic carbocycles. The fraction of sp³-hybridized carbons (Fsp3) is 0.621. The molecule has 0 spiro atoms. The van der Waals surface area contributed by atoms with E-state index in [0.717, 1.165) is 167 Å². The standard InChI is InChI=1S/C87H142O16P2/c1-4-7-10-13-16-19-22-25-28-31-33-34-35-36-37-38-39-40-41-42-43-44-45-46-48-51-52-55-58-61-64-67-70-73-85(90)97-76-82(88)77-99-104(93,94)100-78-83(89)79-101-105(95,96)102-81-84(103-87(92)75-72-69-66-63-60-57-54-49-30-27-24-21-18-15-12-9-6-3)80-98-86(91)74-71-68-65-62-59-56-53-50-47-32-29-26-23-20-17-14-11-8-5-2/h7-12,16-21,25-30,33-34,36-37,39-40,47,50,54,56-57,59,82-84,88-89H,4-6,13-15,22-24,31-32,35,38,41-46,48-49,51-53,55,58,60-81H2,1-3H3,(H,93,94)(H,95,96)/b10-7-,11-8-,12-9-,19-16-,20-17-,21-18-,28-25-,29-26-,30-27-,34-33-,37-36-,40-39-,50-47-,57-54-,59-56-. The van der Waals surface area contributed by atoms with Crippen molar-refractivity contribution < 1.29 is 75.8 Å². The number of carbonyl (C=O) groups is 3. The number of aliphatic hydroxyl groups is 2. The highest BCUT2D eigenvalue weighted by atomic mass is 31.2. The third-order valence-corrected chi connectivity index (χ3v) is 18.0. The van der Waals surface area contributed by atoms with Crippen LogP contribution in [0.1, 0.15) is 290 Å². The average molecular weight is 1510 g/mol. The molecule has 0 fully saturated rings. The van der Waals surface area contributed by atoms with Gasteiger partial charge in [-0.2, -0.15) is 0 Å². The van der Waals surface area contributed by atoms with E-state index >= 15 is 0 Å². The van der Waals surface area contributed by atoms with Gasteiger partial charge in [0.05, 0.1) is 26.4 Å². The summed E-state index contributed by atoms with van der Waals surface area (Å²) < 4.78 is 61.1. The number of ether oxygens (including phenoxy) is 3. The van der Waals surface area contributed by atoms with Crippen molar-refractivity contribution in [1.82, 2.24) is 0 Å². The number of allylic oxidation sites excluding steroid dienone is 30. The van der Waals surface area contributed by atoms with Crippen LogP contribution in [0.3, 0.4) is 0 Å². The first-order chi connectivity index (χ1) is 51.2. The maximum absolute atomic E-state index is 13.0. The molecule has 596 valence electrons. The minimum atomic E-state index is -4.95. The molecule has 0 bridgehead atoms. The number of carbonyl (C=O) groups excluding carboxylic acids is 3. The van der Waals surface area contributed by atoms with Crippen LogP contribution < -0.4 is 0 Å². The van der Waals surface area contributed by atoms with Crippen molar-refractivity contribution in [2.45, 2.75) is 309 Å². The van der Waals surface area contributed by atoms with Gasteiger partial charge in [-0.3, -0.25) is 32.5 Å². The molecule has 18 heteroatoms. The predicted molar refractivity (Wildman–Crippen MR) is 435 cm³/mol. The van der Waals surface area contributed by atoms with E-state index in [-0.39, 0.29) is 19.3 Å². The lowest BCUT2D eigenvalue weighted by Crippen LogP contribution is -2.30. The molecular formula is C87H142O16P2. The fourth-order valence-electron chi connectivity index (χ4n) is 10.1. The monoisotopic (exact) mass is 1500 g/mol. The Morgan fingerprint density at radius 2 is 0.476 bits per heavy atom. The zero-order valence-corrected chi connectivity index (χ0v) is 66.9. The topological polar surface area (TPSA) is 231 Å². The third kappa shape index (κ3) is 79.5. The highest BCUT2D eigenvalue weighted by Crippen LogP contribution is 2.45. The van der Waals surface area contributed by atoms with Crippen molar-refractivity contribution in [1.29, 1.82) is 0 Å². The summed E-state index contributed by atoms with van der Waals surface area (Å²) in [6.07, 6.45) is 101. The number of esters is 3. The number of aliphatic hydroxyl groups excluding tert-OH is 2. The Balaban J connectivity index is 4.54. The van der Waals surface area contributed by atoms with Crippen molar-refractivity contribution in [3.8, 4) is 0 Å². The number of hydrogen-bond donors (Lipinski definition) is 4. The number of phosphoric ester groups is 2. The number of unbranched alkanes of at least 4 members (excludes halogenated alkanes) is 21. The number of hydrogen-bond acceptors (Lipinski definition) is 14. The normalized spacial score (nSPS) is 14.9. The van der Waals surface area contributed by atoms with Gasteiger partial charge in [0.2, 0.25) is 0 Å². The van der Waals surface area contributed by atoms with Crippen LogP contribution in [0.4, 0.5) is 0 Å². The van der Waals surface area contributed by atoms with Crippen LogP contribution in [-0.2, 0) is 55.8 Å². The molecule has 0 radical (unpaired) electrons. The zero-order chi connectivity index (χ0) is 76.6. The molecule has 5 atom stereocenters. The van der Waals surface area contributed by atoms with Crippen LogP contribution in [0.2, 0.25) is 0 Å². The first-order valence-electron chi connectivity index (χ1n) is 40.1. The summed E-state index contributed by atoms with van der Waals surface area (Å²) in [6, 6.07) is 0. The lowest BCUT2D eigenvalue weighted by atomic mass is 10.0. The van der Waals surface area contributed by atoms with E-state index in [1.807, 2.05) is 0 Å². The summed E-state index contributed by atoms with van der Waals surface area (Å²) in [5, 5.41) is 20.7. The van der Waals surface area contributed by atoms with Gasteiger partial charge < -0.3 is 34.2 Å². The molecule has 0 saturated heterocycles. The molecule has 0 aromatic rings. The predicted octanol–water partition coefficient (Wildman–Crippen LogP) is 23.8. The highest BCUT2D eigenvalue weighted by Gasteiger charge is 2.29. The highest BCUT2D eigenvalue weighted by molar-refractivity contribution is 7.47. The molecule has 0 amide bonds. The van der Waals surface area contributed by atoms with Gasteiger partial charge in [-0.15, -0.1) is 0 Å². The number of phosphoric acid groups is 2. The van der Waals surface area contributed by atoms with E-state index < -0.39 is 91.5 Å². The van der Waals surface area contributed by atoms with E-state index in [0.29, 0.717) is 19.3 Å². The van der Waals surface area contributed by atoms with Crippen molar-refractivity contribution in [3.05, 3.63) is 182 Å². The Morgan fingerprint density at radius 1 is 0.267 bits per heavy atom. The van der Waals surface area contributed by atoms with Gasteiger partial charge in [0.15, 0.2) is 6.10 Å². The second-order valence-corrected chi connectivity index (χ2v) is 29.0. The van der Waals surface area contributed by atoms with E-state index in [2.05, 4.69) is 203 Å². The molecule has 0 heterocycles. The average Bonchev–Trinajstić information content (AvgIpc) is 0.911. The summed E-state index contributed by atoms with van der Waals surface area (Å²) in [4.78, 5) is 58.7. The SMILES string of the molecule is CC/C=C\C/C=C\C/C=C\C/C=C\C/C=C\C/C=C\CCCCCCCCCCCCCCCCC(=O)OCC(O)COP(=O)(O)OCC(O)COP(=O)(O)OCC(COC(=O)CCCCC/C=C\C/C=C\C/C=C\C/C=C\C/C=C\CC)OC(=O)CCCCCC/C=C\C/C=C\C/C=C\C/C=C\CC. The summed E-state index contributed by atoms with van der Waals surface area (Å²) >= 11 is 0. The first-order valence-corrected chi connectivity index (χ1v) is 43.1. The van der Waals surface area contributed by atoms with Crippen LogP contribution in [0.5, 0.6) is 0 Å². The van der Waals surface area contributed by atoms with Gasteiger partial charge in [-0.05, 0) is 154 Å². The molecule has 105 heavy (non-hydrogen) atoms. The molecule has 0 aliphatic rings. The zero-order valence-electron chi connectivity index (χ0n) is 65.1. The molecule has 4 N–H and O–H groups in total. The van der Waals surface area contributed by atoms with E-state index in [1.165, 1.54) is 64.2 Å². The van der Waals surface area contributed by atoms with Crippen molar-refractivity contribution >= 4 is 33.6 Å². The molecule has 0 aliphatic heterocycles. The summed E-state index contributed by atoms with van der Waals surface area (Å²) in [5.74, 6) is -1.65. The second-order valence-electron chi connectivity index (χ2n) is 26.1. The Bertz CT molecular complexity index is 2640. The molecule has 5 unspecified atom stereocenters. The van der Waals surface area contributed by atoms with Crippen LogP contribution in [0.15, 0.2) is 182 Å². The summed E-state index contributed by atoms with van der Waals surface area (Å²) in [7, 11) is -9.82. The quantitative estimate of drug-likeness (QED) is 0.0146. The Kier molecular flexibility index (Phi) is 74.3. The number of rotatable bonds is 74. The van der Waals surface area contributed by atoms with Crippen LogP contribution in [-0.4, -0.2) is 95.9 Å².